The molecule has 0 saturated heterocycles. The molecule has 0 aromatic heterocycles. The number of rotatable bonds is 3. The summed E-state index contributed by atoms with van der Waals surface area (Å²) in [5.74, 6) is 0.673. The van der Waals surface area contributed by atoms with Crippen molar-refractivity contribution in [2.45, 2.75) is 44.0 Å². The zero-order valence-electron chi connectivity index (χ0n) is 11.7. The highest BCUT2D eigenvalue weighted by molar-refractivity contribution is 9.10. The van der Waals surface area contributed by atoms with Crippen LogP contribution in [0.25, 0.3) is 0 Å². The monoisotopic (exact) mass is 361 g/mol. The minimum atomic E-state index is -3.00. The second-order valence-corrected chi connectivity index (χ2v) is 8.74. The van der Waals surface area contributed by atoms with Crippen LogP contribution in [-0.4, -0.2) is 26.0 Å². The summed E-state index contributed by atoms with van der Waals surface area (Å²) in [5.41, 5.74) is 7.53. The largest absolute Gasteiger partial charge is 0.488 e. The summed E-state index contributed by atoms with van der Waals surface area (Å²) in [6.07, 6.45) is 4.25. The summed E-state index contributed by atoms with van der Waals surface area (Å²) in [6, 6.07) is 3.75. The van der Waals surface area contributed by atoms with Crippen molar-refractivity contribution in [2.75, 3.05) is 12.0 Å². The van der Waals surface area contributed by atoms with Gasteiger partial charge < -0.3 is 10.5 Å². The smallest absolute Gasteiger partial charge is 0.150 e. The third-order valence-corrected chi connectivity index (χ3v) is 5.83. The van der Waals surface area contributed by atoms with Crippen LogP contribution in [0, 0.1) is 6.92 Å². The highest BCUT2D eigenvalue weighted by Gasteiger charge is 2.30. The number of hydrogen-bond acceptors (Lipinski definition) is 4. The molecule has 0 radical (unpaired) electrons. The lowest BCUT2D eigenvalue weighted by molar-refractivity contribution is 0.156. The van der Waals surface area contributed by atoms with E-state index in [4.69, 9.17) is 10.5 Å². The molecule has 1 aromatic carbocycles. The lowest BCUT2D eigenvalue weighted by Crippen LogP contribution is -2.33. The molecule has 2 unspecified atom stereocenters. The van der Waals surface area contributed by atoms with Gasteiger partial charge in [-0.05, 0) is 43.9 Å². The van der Waals surface area contributed by atoms with Gasteiger partial charge in [0.2, 0.25) is 0 Å². The van der Waals surface area contributed by atoms with Crippen LogP contribution in [0.2, 0.25) is 0 Å². The van der Waals surface area contributed by atoms with Crippen molar-refractivity contribution in [3.8, 4) is 5.75 Å². The van der Waals surface area contributed by atoms with Gasteiger partial charge in [0.1, 0.15) is 21.7 Å². The van der Waals surface area contributed by atoms with Crippen LogP contribution in [0.3, 0.4) is 0 Å². The highest BCUT2D eigenvalue weighted by Crippen LogP contribution is 2.34. The summed E-state index contributed by atoms with van der Waals surface area (Å²) >= 11 is 3.39. The van der Waals surface area contributed by atoms with Crippen LogP contribution < -0.4 is 10.5 Å². The summed E-state index contributed by atoms with van der Waals surface area (Å²) in [6.45, 7) is 1.94. The lowest BCUT2D eigenvalue weighted by Gasteiger charge is -2.29. The van der Waals surface area contributed by atoms with Crippen molar-refractivity contribution in [2.24, 2.45) is 0 Å². The Kier molecular flexibility index (Phi) is 4.64. The first-order valence-electron chi connectivity index (χ1n) is 6.68. The molecule has 2 atom stereocenters. The molecular formula is C14H20BrNO3S. The van der Waals surface area contributed by atoms with Crippen LogP contribution in [0.5, 0.6) is 5.75 Å². The molecule has 6 heteroatoms. The van der Waals surface area contributed by atoms with Crippen LogP contribution in [-0.2, 0) is 9.84 Å². The first kappa shape index (κ1) is 15.6. The minimum absolute atomic E-state index is 0.0781. The Balaban J connectivity index is 2.14. The van der Waals surface area contributed by atoms with E-state index in [1.165, 1.54) is 6.26 Å². The van der Waals surface area contributed by atoms with E-state index in [2.05, 4.69) is 15.9 Å². The predicted octanol–water partition coefficient (Wildman–Crippen LogP) is 3.07. The number of aryl methyl sites for hydroxylation is 1. The molecule has 0 aliphatic heterocycles. The number of nitrogen functional groups attached to an aromatic ring is 1. The molecule has 112 valence electrons. The predicted molar refractivity (Wildman–Crippen MR) is 84.8 cm³/mol. The third-order valence-electron chi connectivity index (χ3n) is 3.74. The average Bonchev–Trinajstić information content (AvgIpc) is 2.33. The maximum Gasteiger partial charge on any atom is 0.150 e. The molecule has 0 spiro atoms. The first-order chi connectivity index (χ1) is 9.27. The first-order valence-corrected chi connectivity index (χ1v) is 9.43. The van der Waals surface area contributed by atoms with Crippen LogP contribution >= 0.6 is 15.9 Å². The maximum atomic E-state index is 11.7. The Morgan fingerprint density at radius 2 is 2.05 bits per heavy atom. The lowest BCUT2D eigenvalue weighted by atomic mass is 9.97. The van der Waals surface area contributed by atoms with Crippen LogP contribution in [0.4, 0.5) is 5.69 Å². The number of halogens is 1. The number of hydrogen-bond donors (Lipinski definition) is 1. The molecular weight excluding hydrogens is 342 g/mol. The Morgan fingerprint density at radius 3 is 2.65 bits per heavy atom. The van der Waals surface area contributed by atoms with E-state index in [1.54, 1.807) is 6.07 Å². The molecule has 1 aromatic rings. The fraction of sp³-hybridized carbons (Fsp3) is 0.571. The van der Waals surface area contributed by atoms with Gasteiger partial charge in [-0.15, -0.1) is 0 Å². The quantitative estimate of drug-likeness (QED) is 0.839. The van der Waals surface area contributed by atoms with Gasteiger partial charge in [-0.1, -0.05) is 15.9 Å². The molecule has 1 fully saturated rings. The van der Waals surface area contributed by atoms with Gasteiger partial charge in [-0.2, -0.15) is 0 Å². The van der Waals surface area contributed by atoms with E-state index in [-0.39, 0.29) is 11.4 Å². The summed E-state index contributed by atoms with van der Waals surface area (Å²) in [7, 11) is -3.00. The van der Waals surface area contributed by atoms with Crippen molar-refractivity contribution in [3.63, 3.8) is 0 Å². The molecule has 2 N–H and O–H groups in total. The molecule has 20 heavy (non-hydrogen) atoms. The van der Waals surface area contributed by atoms with E-state index >= 15 is 0 Å². The topological polar surface area (TPSA) is 69.4 Å². The molecule has 1 aliphatic rings. The standard InChI is InChI=1S/C14H20BrNO3S/c1-9-6-10(15)7-13(16)14(9)19-11-4-3-5-12(8-11)20(2,17)18/h6-7,11-12H,3-5,8,16H2,1-2H3. The number of ether oxygens (including phenoxy) is 1. The van der Waals surface area contributed by atoms with Gasteiger partial charge in [0.05, 0.1) is 10.9 Å². The van der Waals surface area contributed by atoms with Gasteiger partial charge in [0.25, 0.3) is 0 Å². The average molecular weight is 362 g/mol. The molecule has 0 amide bonds. The second-order valence-electron chi connectivity index (χ2n) is 5.50. The van der Waals surface area contributed by atoms with E-state index in [0.717, 1.165) is 29.3 Å². The molecule has 0 heterocycles. The number of benzene rings is 1. The van der Waals surface area contributed by atoms with Gasteiger partial charge in [0.15, 0.2) is 0 Å². The summed E-state index contributed by atoms with van der Waals surface area (Å²) < 4.78 is 30.3. The van der Waals surface area contributed by atoms with Crippen molar-refractivity contribution in [3.05, 3.63) is 22.2 Å². The van der Waals surface area contributed by atoms with E-state index in [9.17, 15) is 8.42 Å². The maximum absolute atomic E-state index is 11.7. The van der Waals surface area contributed by atoms with Crippen molar-refractivity contribution < 1.29 is 13.2 Å². The Morgan fingerprint density at radius 1 is 1.35 bits per heavy atom. The second kappa shape index (κ2) is 5.93. The van der Waals surface area contributed by atoms with E-state index in [1.807, 2.05) is 13.0 Å². The SMILES string of the molecule is Cc1cc(Br)cc(N)c1OC1CCCC(S(C)(=O)=O)C1. The molecule has 0 bridgehead atoms. The van der Waals surface area contributed by atoms with Crippen molar-refractivity contribution in [1.82, 2.24) is 0 Å². The molecule has 2 rings (SSSR count). The number of sulfone groups is 1. The van der Waals surface area contributed by atoms with Gasteiger partial charge in [0, 0.05) is 17.1 Å². The summed E-state index contributed by atoms with van der Waals surface area (Å²) in [4.78, 5) is 0. The Bertz CT molecular complexity index is 577. The van der Waals surface area contributed by atoms with E-state index in [0.29, 0.717) is 17.9 Å². The summed E-state index contributed by atoms with van der Waals surface area (Å²) in [5, 5.41) is -0.293. The van der Waals surface area contributed by atoms with Gasteiger partial charge in [-0.3, -0.25) is 0 Å². The van der Waals surface area contributed by atoms with Gasteiger partial charge >= 0.3 is 0 Å². The number of nitrogens with two attached hydrogens (primary N) is 1. The van der Waals surface area contributed by atoms with Crippen molar-refractivity contribution >= 4 is 31.5 Å². The number of anilines is 1. The van der Waals surface area contributed by atoms with E-state index < -0.39 is 9.84 Å². The zero-order valence-corrected chi connectivity index (χ0v) is 14.1. The van der Waals surface area contributed by atoms with Gasteiger partial charge in [-0.25, -0.2) is 8.42 Å². The minimum Gasteiger partial charge on any atom is -0.488 e. The van der Waals surface area contributed by atoms with Crippen LogP contribution in [0.15, 0.2) is 16.6 Å². The third kappa shape index (κ3) is 3.67. The Hall–Kier alpha value is -0.750. The fourth-order valence-electron chi connectivity index (χ4n) is 2.68. The Labute approximate surface area is 128 Å². The molecule has 1 aliphatic carbocycles. The molecule has 4 nitrogen and oxygen atoms in total. The highest BCUT2D eigenvalue weighted by atomic mass is 79.9. The van der Waals surface area contributed by atoms with Crippen molar-refractivity contribution in [1.29, 1.82) is 0 Å². The fourth-order valence-corrected chi connectivity index (χ4v) is 4.43. The normalized spacial score (nSPS) is 23.6. The zero-order chi connectivity index (χ0) is 14.9. The van der Waals surface area contributed by atoms with Crippen LogP contribution in [0.1, 0.15) is 31.2 Å². The molecule has 1 saturated carbocycles.